The average Bonchev–Trinajstić information content (AvgIpc) is 3.24. The molecule has 1 aromatic carbocycles. The zero-order chi connectivity index (χ0) is 18.5. The van der Waals surface area contributed by atoms with Crippen molar-refractivity contribution in [2.45, 2.75) is 37.5 Å². The zero-order valence-corrected chi connectivity index (χ0v) is 15.4. The number of hydrogen-bond acceptors (Lipinski definition) is 6. The van der Waals surface area contributed by atoms with Crippen LogP contribution in [0.3, 0.4) is 0 Å². The monoisotopic (exact) mass is 371 g/mol. The molecule has 3 heterocycles. The van der Waals surface area contributed by atoms with E-state index in [9.17, 15) is 4.79 Å². The second kappa shape index (κ2) is 8.52. The van der Waals surface area contributed by atoms with Gasteiger partial charge in [0.25, 0.3) is 5.91 Å². The standard InChI is InChI=1S/C20H25N3O4/c24-18(14-26-17-4-2-1-3-5-17)23-10-6-16(7-11-23)20-21-19(22-27-20)15-8-12-25-13-9-15/h1-5,15-16H,6-14H2. The lowest BCUT2D eigenvalue weighted by Crippen LogP contribution is -2.40. The lowest BCUT2D eigenvalue weighted by Gasteiger charge is -2.30. The van der Waals surface area contributed by atoms with E-state index in [1.165, 1.54) is 0 Å². The van der Waals surface area contributed by atoms with Gasteiger partial charge in [-0.05, 0) is 37.8 Å². The van der Waals surface area contributed by atoms with Gasteiger partial charge in [0.15, 0.2) is 12.4 Å². The Bertz CT molecular complexity index is 735. The minimum Gasteiger partial charge on any atom is -0.484 e. The predicted molar refractivity (Wildman–Crippen MR) is 97.6 cm³/mol. The third kappa shape index (κ3) is 4.47. The van der Waals surface area contributed by atoms with Crippen LogP contribution in [0.1, 0.15) is 49.2 Å². The first-order chi connectivity index (χ1) is 13.3. The summed E-state index contributed by atoms with van der Waals surface area (Å²) in [6.45, 7) is 2.98. The van der Waals surface area contributed by atoms with Gasteiger partial charge < -0.3 is 18.9 Å². The number of nitrogens with zero attached hydrogens (tertiary/aromatic N) is 3. The summed E-state index contributed by atoms with van der Waals surface area (Å²) < 4.78 is 16.5. The van der Waals surface area contributed by atoms with Gasteiger partial charge in [-0.15, -0.1) is 0 Å². The van der Waals surface area contributed by atoms with Crippen molar-refractivity contribution in [2.75, 3.05) is 32.9 Å². The maximum absolute atomic E-state index is 12.4. The van der Waals surface area contributed by atoms with Gasteiger partial charge in [-0.2, -0.15) is 4.98 Å². The molecule has 0 saturated carbocycles. The van der Waals surface area contributed by atoms with Crippen molar-refractivity contribution in [3.8, 4) is 5.75 Å². The molecular formula is C20H25N3O4. The number of amides is 1. The molecule has 2 saturated heterocycles. The first kappa shape index (κ1) is 18.0. The average molecular weight is 371 g/mol. The molecule has 7 heteroatoms. The van der Waals surface area contributed by atoms with Crippen molar-refractivity contribution in [1.29, 1.82) is 0 Å². The van der Waals surface area contributed by atoms with Gasteiger partial charge in [0.1, 0.15) is 5.75 Å². The Morgan fingerprint density at radius 3 is 2.56 bits per heavy atom. The van der Waals surface area contributed by atoms with Crippen molar-refractivity contribution in [3.05, 3.63) is 42.0 Å². The molecule has 1 aromatic heterocycles. The molecule has 0 unspecified atom stereocenters. The second-order valence-corrected chi connectivity index (χ2v) is 7.13. The normalized spacial score (nSPS) is 19.2. The van der Waals surface area contributed by atoms with Crippen LogP contribution in [0.25, 0.3) is 0 Å². The fourth-order valence-electron chi connectivity index (χ4n) is 3.66. The van der Waals surface area contributed by atoms with Crippen molar-refractivity contribution in [1.82, 2.24) is 15.0 Å². The van der Waals surface area contributed by atoms with Crippen LogP contribution in [-0.4, -0.2) is 53.9 Å². The predicted octanol–water partition coefficient (Wildman–Crippen LogP) is 2.75. The number of benzene rings is 1. The highest BCUT2D eigenvalue weighted by Crippen LogP contribution is 2.30. The second-order valence-electron chi connectivity index (χ2n) is 7.13. The number of ether oxygens (including phenoxy) is 2. The van der Waals surface area contributed by atoms with Crippen LogP contribution in [-0.2, 0) is 9.53 Å². The van der Waals surface area contributed by atoms with E-state index in [4.69, 9.17) is 14.0 Å². The molecule has 0 atom stereocenters. The third-order valence-electron chi connectivity index (χ3n) is 5.35. The number of hydrogen-bond donors (Lipinski definition) is 0. The lowest BCUT2D eigenvalue weighted by atomic mass is 9.96. The van der Waals surface area contributed by atoms with Crippen molar-refractivity contribution in [2.24, 2.45) is 0 Å². The van der Waals surface area contributed by atoms with Crippen LogP contribution in [0.5, 0.6) is 5.75 Å². The van der Waals surface area contributed by atoms with E-state index in [0.29, 0.717) is 30.6 Å². The number of piperidine rings is 1. The van der Waals surface area contributed by atoms with E-state index in [1.54, 1.807) is 0 Å². The molecule has 2 aliphatic heterocycles. The van der Waals surface area contributed by atoms with Crippen molar-refractivity contribution in [3.63, 3.8) is 0 Å². The summed E-state index contributed by atoms with van der Waals surface area (Å²) in [5.41, 5.74) is 0. The van der Waals surface area contributed by atoms with Gasteiger partial charge >= 0.3 is 0 Å². The molecule has 7 nitrogen and oxygen atoms in total. The fourth-order valence-corrected chi connectivity index (χ4v) is 3.66. The Morgan fingerprint density at radius 2 is 1.81 bits per heavy atom. The number of carbonyl (C=O) groups is 1. The number of likely N-dealkylation sites (tertiary alicyclic amines) is 1. The zero-order valence-electron chi connectivity index (χ0n) is 15.4. The molecule has 0 aliphatic carbocycles. The van der Waals surface area contributed by atoms with Gasteiger partial charge in [0.05, 0.1) is 0 Å². The van der Waals surface area contributed by atoms with Crippen LogP contribution >= 0.6 is 0 Å². The quantitative estimate of drug-likeness (QED) is 0.804. The Kier molecular flexibility index (Phi) is 5.67. The first-order valence-electron chi connectivity index (χ1n) is 9.66. The maximum atomic E-state index is 12.4. The molecule has 27 heavy (non-hydrogen) atoms. The highest BCUT2D eigenvalue weighted by molar-refractivity contribution is 5.77. The molecule has 0 spiro atoms. The van der Waals surface area contributed by atoms with Crippen LogP contribution in [0, 0.1) is 0 Å². The van der Waals surface area contributed by atoms with Gasteiger partial charge in [0, 0.05) is 38.1 Å². The molecule has 0 N–H and O–H groups in total. The number of para-hydroxylation sites is 1. The summed E-state index contributed by atoms with van der Waals surface area (Å²) in [7, 11) is 0. The molecule has 2 fully saturated rings. The van der Waals surface area contributed by atoms with E-state index in [0.717, 1.165) is 44.7 Å². The molecule has 4 rings (SSSR count). The summed E-state index contributed by atoms with van der Waals surface area (Å²) in [4.78, 5) is 18.9. The van der Waals surface area contributed by atoms with E-state index in [1.807, 2.05) is 35.2 Å². The van der Waals surface area contributed by atoms with E-state index in [2.05, 4.69) is 10.1 Å². The summed E-state index contributed by atoms with van der Waals surface area (Å²) in [5, 5.41) is 4.19. The Morgan fingerprint density at radius 1 is 1.07 bits per heavy atom. The van der Waals surface area contributed by atoms with Gasteiger partial charge in [-0.3, -0.25) is 4.79 Å². The summed E-state index contributed by atoms with van der Waals surface area (Å²) in [6.07, 6.45) is 3.58. The minimum absolute atomic E-state index is 0.0192. The van der Waals surface area contributed by atoms with Crippen LogP contribution in [0.4, 0.5) is 0 Å². The maximum Gasteiger partial charge on any atom is 0.260 e. The van der Waals surface area contributed by atoms with Crippen LogP contribution in [0.15, 0.2) is 34.9 Å². The molecule has 144 valence electrons. The summed E-state index contributed by atoms with van der Waals surface area (Å²) in [6, 6.07) is 9.41. The van der Waals surface area contributed by atoms with Gasteiger partial charge in [-0.25, -0.2) is 0 Å². The lowest BCUT2D eigenvalue weighted by molar-refractivity contribution is -0.134. The third-order valence-corrected chi connectivity index (χ3v) is 5.35. The van der Waals surface area contributed by atoms with Crippen molar-refractivity contribution >= 4 is 5.91 Å². The molecule has 1 amide bonds. The summed E-state index contributed by atoms with van der Waals surface area (Å²) >= 11 is 0. The molecule has 2 aromatic rings. The van der Waals surface area contributed by atoms with E-state index < -0.39 is 0 Å². The molecule has 0 radical (unpaired) electrons. The SMILES string of the molecule is O=C(COc1ccccc1)N1CCC(c2nc(C3CCOCC3)no2)CC1. The highest BCUT2D eigenvalue weighted by Gasteiger charge is 2.29. The Labute approximate surface area is 158 Å². The molecule has 2 aliphatic rings. The van der Waals surface area contributed by atoms with Crippen LogP contribution in [0.2, 0.25) is 0 Å². The summed E-state index contributed by atoms with van der Waals surface area (Å²) in [5.74, 6) is 2.82. The molecule has 0 bridgehead atoms. The molecular weight excluding hydrogens is 346 g/mol. The first-order valence-corrected chi connectivity index (χ1v) is 9.66. The van der Waals surface area contributed by atoms with Crippen molar-refractivity contribution < 1.29 is 18.8 Å². The largest absolute Gasteiger partial charge is 0.484 e. The Hall–Kier alpha value is -2.41. The van der Waals surface area contributed by atoms with E-state index in [-0.39, 0.29) is 18.4 Å². The van der Waals surface area contributed by atoms with Gasteiger partial charge in [0.2, 0.25) is 5.89 Å². The highest BCUT2D eigenvalue weighted by atomic mass is 16.5. The number of carbonyl (C=O) groups excluding carboxylic acids is 1. The Balaban J connectivity index is 1.26. The topological polar surface area (TPSA) is 77.7 Å². The van der Waals surface area contributed by atoms with Gasteiger partial charge in [-0.1, -0.05) is 23.4 Å². The van der Waals surface area contributed by atoms with E-state index >= 15 is 0 Å². The number of aromatic nitrogens is 2. The minimum atomic E-state index is 0.0192. The van der Waals surface area contributed by atoms with Crippen LogP contribution < -0.4 is 4.74 Å². The fraction of sp³-hybridized carbons (Fsp3) is 0.550. The smallest absolute Gasteiger partial charge is 0.260 e. The number of rotatable bonds is 5.